The van der Waals surface area contributed by atoms with Crippen LogP contribution in [0.25, 0.3) is 0 Å². The molecule has 0 bridgehead atoms. The Kier molecular flexibility index (Phi) is 4.34. The largest absolute Gasteiger partial charge is 0.469 e. The lowest BCUT2D eigenvalue weighted by Crippen LogP contribution is -2.63. The molecule has 0 aromatic heterocycles. The van der Waals surface area contributed by atoms with Gasteiger partial charge in [0, 0.05) is 17.3 Å². The van der Waals surface area contributed by atoms with Crippen molar-refractivity contribution in [2.24, 2.45) is 28.1 Å². The summed E-state index contributed by atoms with van der Waals surface area (Å²) in [6.45, 7) is 10.4. The highest BCUT2D eigenvalue weighted by atomic mass is 16.7. The molecular weight excluding hydrogens is 344 g/mol. The Hall–Kier alpha value is -0.910. The van der Waals surface area contributed by atoms with Crippen molar-refractivity contribution in [2.75, 3.05) is 20.3 Å². The first-order valence-corrected chi connectivity index (χ1v) is 10.4. The average molecular weight is 379 g/mol. The van der Waals surface area contributed by atoms with Crippen molar-refractivity contribution >= 4 is 5.97 Å². The van der Waals surface area contributed by atoms with Gasteiger partial charge in [0.1, 0.15) is 0 Å². The molecular formula is C22H34O5. The molecule has 3 unspecified atom stereocenters. The SMILES string of the molecule is COC(=O)[C@H]1CC=C2C(C)(CC[C@@H]3C2(C)CCC2(OCCO2)C3(C)C)C1O. The molecule has 27 heavy (non-hydrogen) atoms. The summed E-state index contributed by atoms with van der Waals surface area (Å²) in [4.78, 5) is 12.2. The molecule has 5 heteroatoms. The number of fused-ring (bicyclic) bond motifs is 3. The van der Waals surface area contributed by atoms with Crippen LogP contribution in [0.4, 0.5) is 0 Å². The third kappa shape index (κ3) is 2.37. The molecule has 1 aliphatic heterocycles. The molecule has 0 amide bonds. The highest BCUT2D eigenvalue weighted by molar-refractivity contribution is 5.74. The van der Waals surface area contributed by atoms with Crippen molar-refractivity contribution in [3.63, 3.8) is 0 Å². The maximum absolute atomic E-state index is 12.2. The number of methoxy groups -OCH3 is 1. The molecule has 1 spiro atoms. The molecule has 1 N–H and O–H groups in total. The van der Waals surface area contributed by atoms with Crippen LogP contribution < -0.4 is 0 Å². The monoisotopic (exact) mass is 378 g/mol. The van der Waals surface area contributed by atoms with Crippen LogP contribution in [0.2, 0.25) is 0 Å². The van der Waals surface area contributed by atoms with E-state index in [2.05, 4.69) is 33.8 Å². The van der Waals surface area contributed by atoms with Crippen LogP contribution in [0, 0.1) is 28.1 Å². The first-order valence-electron chi connectivity index (χ1n) is 10.4. The lowest BCUT2D eigenvalue weighted by molar-refractivity contribution is -0.286. The van der Waals surface area contributed by atoms with Crippen LogP contribution in [-0.4, -0.2) is 43.3 Å². The minimum absolute atomic E-state index is 0.0148. The summed E-state index contributed by atoms with van der Waals surface area (Å²) in [5.41, 5.74) is 0.835. The summed E-state index contributed by atoms with van der Waals surface area (Å²) in [6, 6.07) is 0. The van der Waals surface area contributed by atoms with Gasteiger partial charge < -0.3 is 19.3 Å². The number of carbonyl (C=O) groups excluding carboxylic acids is 1. The van der Waals surface area contributed by atoms with Gasteiger partial charge in [-0.15, -0.1) is 0 Å². The first-order chi connectivity index (χ1) is 12.6. The first kappa shape index (κ1) is 19.4. The third-order valence-electron chi connectivity index (χ3n) is 8.65. The van der Waals surface area contributed by atoms with E-state index >= 15 is 0 Å². The van der Waals surface area contributed by atoms with Crippen LogP contribution in [0.15, 0.2) is 11.6 Å². The Labute approximate surface area is 162 Å². The number of hydrogen-bond acceptors (Lipinski definition) is 5. The third-order valence-corrected chi connectivity index (χ3v) is 8.65. The van der Waals surface area contributed by atoms with E-state index in [4.69, 9.17) is 14.2 Å². The van der Waals surface area contributed by atoms with Gasteiger partial charge in [-0.2, -0.15) is 0 Å². The van der Waals surface area contributed by atoms with Crippen LogP contribution >= 0.6 is 0 Å². The standard InChI is InChI=1S/C22H34O5/c1-19(2)15-8-9-21(4)16(7-6-14(17(21)23)18(24)25-5)20(15,3)10-11-22(19)26-12-13-27-22/h7,14-15,17,23H,6,8-13H2,1-5H3/t14-,15-,17?,20?,21?/m0/s1. The van der Waals surface area contributed by atoms with Crippen LogP contribution in [0.3, 0.4) is 0 Å². The van der Waals surface area contributed by atoms with Gasteiger partial charge >= 0.3 is 5.97 Å². The highest BCUT2D eigenvalue weighted by Gasteiger charge is 2.67. The average Bonchev–Trinajstić information content (AvgIpc) is 3.11. The Balaban J connectivity index is 1.73. The summed E-state index contributed by atoms with van der Waals surface area (Å²) in [7, 11) is 1.40. The number of allylic oxidation sites excluding steroid dienone is 1. The van der Waals surface area contributed by atoms with Gasteiger partial charge in [0.05, 0.1) is 32.3 Å². The topological polar surface area (TPSA) is 65.0 Å². The second-order valence-electron chi connectivity index (χ2n) is 10.0. The maximum Gasteiger partial charge on any atom is 0.311 e. The maximum atomic E-state index is 12.2. The van der Waals surface area contributed by atoms with Crippen molar-refractivity contribution < 1.29 is 24.1 Å². The van der Waals surface area contributed by atoms with Gasteiger partial charge in [-0.3, -0.25) is 4.79 Å². The molecule has 3 fully saturated rings. The number of aliphatic hydroxyl groups is 1. The second kappa shape index (κ2) is 6.04. The van der Waals surface area contributed by atoms with E-state index in [1.165, 1.54) is 12.7 Å². The van der Waals surface area contributed by atoms with E-state index in [1.54, 1.807) is 0 Å². The fourth-order valence-electron chi connectivity index (χ4n) is 7.15. The molecule has 4 aliphatic rings. The van der Waals surface area contributed by atoms with E-state index < -0.39 is 17.8 Å². The summed E-state index contributed by atoms with van der Waals surface area (Å²) in [6.07, 6.45) is 5.82. The Morgan fingerprint density at radius 3 is 2.41 bits per heavy atom. The normalized spacial score (nSPS) is 45.0. The van der Waals surface area contributed by atoms with Gasteiger partial charge in [0.15, 0.2) is 5.79 Å². The smallest absolute Gasteiger partial charge is 0.311 e. The van der Waals surface area contributed by atoms with Crippen molar-refractivity contribution in [3.8, 4) is 0 Å². The Morgan fingerprint density at radius 1 is 1.11 bits per heavy atom. The molecule has 4 rings (SSSR count). The summed E-state index contributed by atoms with van der Waals surface area (Å²) in [5.74, 6) is -0.832. The molecule has 1 saturated heterocycles. The van der Waals surface area contributed by atoms with Crippen molar-refractivity contribution in [1.82, 2.24) is 0 Å². The van der Waals surface area contributed by atoms with Gasteiger partial charge in [0.2, 0.25) is 0 Å². The molecule has 0 radical (unpaired) electrons. The van der Waals surface area contributed by atoms with Gasteiger partial charge in [-0.1, -0.05) is 39.3 Å². The van der Waals surface area contributed by atoms with E-state index in [9.17, 15) is 9.90 Å². The van der Waals surface area contributed by atoms with Crippen LogP contribution in [0.1, 0.15) is 59.8 Å². The van der Waals surface area contributed by atoms with Crippen molar-refractivity contribution in [3.05, 3.63) is 11.6 Å². The molecule has 0 aromatic carbocycles. The molecule has 3 aliphatic carbocycles. The molecule has 152 valence electrons. The molecule has 0 aromatic rings. The number of esters is 1. The van der Waals surface area contributed by atoms with Crippen LogP contribution in [0.5, 0.6) is 0 Å². The number of hydrogen-bond donors (Lipinski definition) is 1. The summed E-state index contributed by atoms with van der Waals surface area (Å²) >= 11 is 0. The van der Waals surface area contributed by atoms with Gasteiger partial charge in [-0.25, -0.2) is 0 Å². The number of ether oxygens (including phenoxy) is 3. The summed E-state index contributed by atoms with van der Waals surface area (Å²) in [5, 5.41) is 11.2. The fourth-order valence-corrected chi connectivity index (χ4v) is 7.15. The Morgan fingerprint density at radius 2 is 1.78 bits per heavy atom. The highest BCUT2D eigenvalue weighted by Crippen LogP contribution is 2.69. The zero-order chi connectivity index (χ0) is 19.7. The Bertz CT molecular complexity index is 662. The predicted octanol–water partition coefficient (Wildman–Crippen LogP) is 3.45. The lowest BCUT2D eigenvalue weighted by Gasteiger charge is -2.65. The molecule has 2 saturated carbocycles. The van der Waals surface area contributed by atoms with E-state index in [0.29, 0.717) is 25.6 Å². The van der Waals surface area contributed by atoms with E-state index in [1.807, 2.05) is 0 Å². The van der Waals surface area contributed by atoms with Gasteiger partial charge in [-0.05, 0) is 37.0 Å². The lowest BCUT2D eigenvalue weighted by atomic mass is 9.42. The van der Waals surface area contributed by atoms with E-state index in [0.717, 1.165) is 25.7 Å². The summed E-state index contributed by atoms with van der Waals surface area (Å²) < 4.78 is 17.3. The number of carbonyl (C=O) groups is 1. The number of aliphatic hydroxyl groups excluding tert-OH is 1. The minimum Gasteiger partial charge on any atom is -0.469 e. The van der Waals surface area contributed by atoms with E-state index in [-0.39, 0.29) is 22.2 Å². The van der Waals surface area contributed by atoms with Crippen molar-refractivity contribution in [2.45, 2.75) is 71.7 Å². The number of rotatable bonds is 1. The predicted molar refractivity (Wildman–Crippen MR) is 101 cm³/mol. The molecule has 5 atom stereocenters. The fraction of sp³-hybridized carbons (Fsp3) is 0.864. The van der Waals surface area contributed by atoms with Crippen molar-refractivity contribution in [1.29, 1.82) is 0 Å². The van der Waals surface area contributed by atoms with Gasteiger partial charge in [0.25, 0.3) is 0 Å². The molecule has 5 nitrogen and oxygen atoms in total. The second-order valence-corrected chi connectivity index (χ2v) is 10.0. The zero-order valence-electron chi connectivity index (χ0n) is 17.3. The minimum atomic E-state index is -0.694. The quantitative estimate of drug-likeness (QED) is 0.559. The van der Waals surface area contributed by atoms with Crippen LogP contribution in [-0.2, 0) is 19.0 Å². The molecule has 1 heterocycles. The zero-order valence-corrected chi connectivity index (χ0v) is 17.3.